The fraction of sp³-hybridized carbons (Fsp3) is 0.565. The lowest BCUT2D eigenvalue weighted by Gasteiger charge is -2.13. The molecule has 0 aliphatic heterocycles. The summed E-state index contributed by atoms with van der Waals surface area (Å²) in [6.07, 6.45) is 3.83. The highest BCUT2D eigenvalue weighted by Crippen LogP contribution is 2.18. The van der Waals surface area contributed by atoms with Gasteiger partial charge in [-0.1, -0.05) is 26.0 Å². The number of nitrogens with one attached hydrogen (secondary N) is 1. The van der Waals surface area contributed by atoms with Gasteiger partial charge in [-0.05, 0) is 37.1 Å². The van der Waals surface area contributed by atoms with Gasteiger partial charge in [0, 0.05) is 19.7 Å². The predicted octanol–water partition coefficient (Wildman–Crippen LogP) is 2.84. The summed E-state index contributed by atoms with van der Waals surface area (Å²) in [5, 5.41) is 15.7. The molecule has 0 aliphatic rings. The number of nitrogens with zero attached hydrogens (tertiary/aromatic N) is 2. The predicted molar refractivity (Wildman–Crippen MR) is 123 cm³/mol. The number of carbonyl (C=O) groups excluding carboxylic acids is 1. The number of hydrogen-bond donors (Lipinski definition) is 2. The number of amides is 1. The van der Waals surface area contributed by atoms with Crippen molar-refractivity contribution in [1.82, 2.24) is 15.1 Å². The van der Waals surface area contributed by atoms with Crippen LogP contribution in [0.3, 0.4) is 0 Å². The van der Waals surface area contributed by atoms with E-state index in [0.29, 0.717) is 51.7 Å². The van der Waals surface area contributed by atoms with Crippen molar-refractivity contribution in [3.63, 3.8) is 0 Å². The average Bonchev–Trinajstić information content (AvgIpc) is 3.24. The number of hydrogen-bond acceptors (Lipinski definition) is 6. The van der Waals surface area contributed by atoms with Crippen molar-refractivity contribution in [1.29, 1.82) is 0 Å². The summed E-state index contributed by atoms with van der Waals surface area (Å²) in [7, 11) is 0. The standard InChI is InChI=1S/C21H31N3O5.C2H6.H2/c1-17-15-23-24(16-17)18(2)19-3-5-20(6-4-19)21(26)22-7-9-27-11-13-29-14-12-28-10-8-25;1-2;/h3-6,15-16,18,25H,7-14H2,1-2H3,(H,22,26);1-2H3;1H. The van der Waals surface area contributed by atoms with Crippen molar-refractivity contribution in [2.24, 2.45) is 0 Å². The van der Waals surface area contributed by atoms with E-state index >= 15 is 0 Å². The van der Waals surface area contributed by atoms with Crippen molar-refractivity contribution in [3.8, 4) is 0 Å². The number of aromatic nitrogens is 2. The van der Waals surface area contributed by atoms with Crippen LogP contribution in [0, 0.1) is 6.92 Å². The van der Waals surface area contributed by atoms with Crippen molar-refractivity contribution in [2.75, 3.05) is 52.8 Å². The van der Waals surface area contributed by atoms with Crippen LogP contribution in [-0.2, 0) is 14.2 Å². The molecule has 8 nitrogen and oxygen atoms in total. The minimum atomic E-state index is -0.125. The van der Waals surface area contributed by atoms with Gasteiger partial charge in [0.25, 0.3) is 5.91 Å². The fourth-order valence-electron chi connectivity index (χ4n) is 2.66. The van der Waals surface area contributed by atoms with E-state index in [4.69, 9.17) is 19.3 Å². The van der Waals surface area contributed by atoms with Crippen LogP contribution in [0.2, 0.25) is 0 Å². The summed E-state index contributed by atoms with van der Waals surface area (Å²) >= 11 is 0. The molecule has 8 heteroatoms. The Kier molecular flexibility index (Phi) is 14.2. The molecule has 2 N–H and O–H groups in total. The van der Waals surface area contributed by atoms with Crippen molar-refractivity contribution < 1.29 is 25.5 Å². The van der Waals surface area contributed by atoms with Gasteiger partial charge in [-0.2, -0.15) is 5.10 Å². The largest absolute Gasteiger partial charge is 0.394 e. The first kappa shape index (κ1) is 26.8. The number of aliphatic hydroxyl groups excluding tert-OH is 1. The first-order valence-corrected chi connectivity index (χ1v) is 10.8. The van der Waals surface area contributed by atoms with Crippen LogP contribution >= 0.6 is 0 Å². The Hall–Kier alpha value is -2.26. The molecule has 1 aromatic carbocycles. The molecule has 0 saturated heterocycles. The molecule has 31 heavy (non-hydrogen) atoms. The van der Waals surface area contributed by atoms with Gasteiger partial charge < -0.3 is 24.6 Å². The third-order valence-corrected chi connectivity index (χ3v) is 4.29. The molecular formula is C23H39N3O5. The first-order valence-electron chi connectivity index (χ1n) is 10.8. The summed E-state index contributed by atoms with van der Waals surface area (Å²) in [5.74, 6) is -0.125. The molecule has 1 unspecified atom stereocenters. The molecule has 1 amide bonds. The van der Waals surface area contributed by atoms with E-state index in [1.165, 1.54) is 0 Å². The highest BCUT2D eigenvalue weighted by molar-refractivity contribution is 5.94. The van der Waals surface area contributed by atoms with Gasteiger partial charge in [0.15, 0.2) is 0 Å². The molecule has 0 aliphatic carbocycles. The Morgan fingerprint density at radius 3 is 2.19 bits per heavy atom. The van der Waals surface area contributed by atoms with Crippen molar-refractivity contribution >= 4 is 5.91 Å². The van der Waals surface area contributed by atoms with Gasteiger partial charge in [-0.3, -0.25) is 9.48 Å². The van der Waals surface area contributed by atoms with E-state index in [9.17, 15) is 4.79 Å². The number of aliphatic hydroxyl groups is 1. The molecule has 0 saturated carbocycles. The minimum Gasteiger partial charge on any atom is -0.394 e. The average molecular weight is 438 g/mol. The molecule has 1 atom stereocenters. The molecule has 176 valence electrons. The number of rotatable bonds is 14. The molecule has 0 bridgehead atoms. The highest BCUT2D eigenvalue weighted by Gasteiger charge is 2.10. The van der Waals surface area contributed by atoms with Crippen molar-refractivity contribution in [2.45, 2.75) is 33.7 Å². The third kappa shape index (κ3) is 10.5. The topological polar surface area (TPSA) is 94.8 Å². The quantitative estimate of drug-likeness (QED) is 0.441. The summed E-state index contributed by atoms with van der Waals surface area (Å²) in [6.45, 7) is 11.1. The Morgan fingerprint density at radius 1 is 1.06 bits per heavy atom. The lowest BCUT2D eigenvalue weighted by molar-refractivity contribution is 0.00825. The number of ether oxygens (including phenoxy) is 3. The van der Waals surface area contributed by atoms with Gasteiger partial charge in [-0.25, -0.2) is 0 Å². The summed E-state index contributed by atoms with van der Waals surface area (Å²) in [4.78, 5) is 12.2. The Bertz CT molecular complexity index is 725. The highest BCUT2D eigenvalue weighted by atomic mass is 16.5. The van der Waals surface area contributed by atoms with E-state index in [2.05, 4.69) is 17.3 Å². The fourth-order valence-corrected chi connectivity index (χ4v) is 2.66. The van der Waals surface area contributed by atoms with E-state index in [0.717, 1.165) is 11.1 Å². The summed E-state index contributed by atoms with van der Waals surface area (Å²) < 4.78 is 17.7. The second kappa shape index (κ2) is 16.4. The van der Waals surface area contributed by atoms with Crippen LogP contribution in [-0.4, -0.2) is 73.6 Å². The van der Waals surface area contributed by atoms with E-state index in [-0.39, 0.29) is 20.0 Å². The smallest absolute Gasteiger partial charge is 0.251 e. The van der Waals surface area contributed by atoms with Gasteiger partial charge in [0.2, 0.25) is 0 Å². The normalized spacial score (nSPS) is 11.5. The zero-order chi connectivity index (χ0) is 22.9. The Morgan fingerprint density at radius 2 is 1.65 bits per heavy atom. The molecule has 2 rings (SSSR count). The maximum Gasteiger partial charge on any atom is 0.251 e. The minimum absolute atomic E-state index is 0. The van der Waals surface area contributed by atoms with E-state index < -0.39 is 0 Å². The molecule has 1 heterocycles. The lowest BCUT2D eigenvalue weighted by Crippen LogP contribution is -2.27. The van der Waals surface area contributed by atoms with Gasteiger partial charge >= 0.3 is 0 Å². The second-order valence-electron chi connectivity index (χ2n) is 6.61. The van der Waals surface area contributed by atoms with Crippen LogP contribution in [0.5, 0.6) is 0 Å². The Labute approximate surface area is 187 Å². The van der Waals surface area contributed by atoms with Crippen LogP contribution in [0.15, 0.2) is 36.7 Å². The van der Waals surface area contributed by atoms with Crippen LogP contribution in [0.25, 0.3) is 0 Å². The second-order valence-corrected chi connectivity index (χ2v) is 6.61. The Balaban J connectivity index is 0.00000311. The SMILES string of the molecule is CC.Cc1cnn(C(C)c2ccc(C(=O)NCCOCCOCCOCCO)cc2)c1.[HH]. The number of aryl methyl sites for hydroxylation is 1. The number of carbonyl (C=O) groups is 1. The zero-order valence-corrected chi connectivity index (χ0v) is 19.2. The zero-order valence-electron chi connectivity index (χ0n) is 19.2. The van der Waals surface area contributed by atoms with Gasteiger partial charge in [0.1, 0.15) is 0 Å². The molecule has 1 aromatic heterocycles. The van der Waals surface area contributed by atoms with Gasteiger partial charge in [0.05, 0.1) is 58.5 Å². The van der Waals surface area contributed by atoms with E-state index in [1.54, 1.807) is 0 Å². The monoisotopic (exact) mass is 437 g/mol. The number of benzene rings is 1. The maximum absolute atomic E-state index is 12.2. The van der Waals surface area contributed by atoms with Crippen molar-refractivity contribution in [3.05, 3.63) is 53.3 Å². The molecule has 2 aromatic rings. The molecular weight excluding hydrogens is 398 g/mol. The van der Waals surface area contributed by atoms with Gasteiger partial charge in [-0.15, -0.1) is 0 Å². The third-order valence-electron chi connectivity index (χ3n) is 4.29. The first-order chi connectivity index (χ1) is 15.1. The maximum atomic E-state index is 12.2. The molecule has 0 radical (unpaired) electrons. The van der Waals surface area contributed by atoms with Crippen LogP contribution < -0.4 is 5.32 Å². The molecule has 0 fully saturated rings. The summed E-state index contributed by atoms with van der Waals surface area (Å²) in [6, 6.07) is 7.66. The van der Waals surface area contributed by atoms with E-state index in [1.807, 2.05) is 62.1 Å². The van der Waals surface area contributed by atoms with Crippen LogP contribution in [0.1, 0.15) is 49.7 Å². The summed E-state index contributed by atoms with van der Waals surface area (Å²) in [5.41, 5.74) is 2.83. The molecule has 0 spiro atoms. The van der Waals surface area contributed by atoms with Crippen LogP contribution in [0.4, 0.5) is 0 Å². The lowest BCUT2D eigenvalue weighted by atomic mass is 10.1.